The molecule has 104 valence electrons. The lowest BCUT2D eigenvalue weighted by atomic mass is 10.3. The highest BCUT2D eigenvalue weighted by Gasteiger charge is 2.17. The van der Waals surface area contributed by atoms with Crippen molar-refractivity contribution in [2.75, 3.05) is 36.0 Å². The third-order valence-corrected chi connectivity index (χ3v) is 3.59. The molecule has 0 aliphatic carbocycles. The molecule has 0 radical (unpaired) electrons. The second kappa shape index (κ2) is 6.05. The fourth-order valence-corrected chi connectivity index (χ4v) is 2.47. The molecule has 0 saturated carbocycles. The van der Waals surface area contributed by atoms with Crippen molar-refractivity contribution in [3.8, 4) is 0 Å². The first-order chi connectivity index (χ1) is 9.83. The number of rotatable bonds is 2. The van der Waals surface area contributed by atoms with Gasteiger partial charge in [0.05, 0.1) is 5.02 Å². The highest BCUT2D eigenvalue weighted by molar-refractivity contribution is 6.30. The van der Waals surface area contributed by atoms with E-state index in [1.54, 1.807) is 18.6 Å². The van der Waals surface area contributed by atoms with Gasteiger partial charge in [-0.3, -0.25) is 0 Å². The fourth-order valence-electron chi connectivity index (χ4n) is 2.36. The van der Waals surface area contributed by atoms with Crippen LogP contribution < -0.4 is 9.80 Å². The highest BCUT2D eigenvalue weighted by atomic mass is 35.5. The minimum Gasteiger partial charge on any atom is -0.355 e. The third kappa shape index (κ3) is 2.99. The van der Waals surface area contributed by atoms with E-state index in [0.29, 0.717) is 5.02 Å². The minimum atomic E-state index is 0.669. The normalized spacial score (nSPS) is 16.1. The summed E-state index contributed by atoms with van der Waals surface area (Å²) in [6.45, 7) is 3.76. The van der Waals surface area contributed by atoms with Gasteiger partial charge in [0.25, 0.3) is 0 Å². The summed E-state index contributed by atoms with van der Waals surface area (Å²) in [6, 6.07) is 5.69. The summed E-state index contributed by atoms with van der Waals surface area (Å²) >= 11 is 5.88. The molecule has 1 aliphatic heterocycles. The standard InChI is InChI=1S/C14H16ClN5/c15-12-3-4-13(18-11-12)19-7-2-8-20(10-9-19)14-16-5-1-6-17-14/h1,3-6,11H,2,7-10H2. The molecule has 5 nitrogen and oxygen atoms in total. The first-order valence-electron chi connectivity index (χ1n) is 6.71. The molecule has 0 amide bonds. The van der Waals surface area contributed by atoms with Crippen LogP contribution in [0.1, 0.15) is 6.42 Å². The fraction of sp³-hybridized carbons (Fsp3) is 0.357. The highest BCUT2D eigenvalue weighted by Crippen LogP contribution is 2.17. The van der Waals surface area contributed by atoms with Crippen LogP contribution in [0.2, 0.25) is 5.02 Å². The average molecular weight is 290 g/mol. The molecule has 0 bridgehead atoms. The van der Waals surface area contributed by atoms with Crippen molar-refractivity contribution in [2.24, 2.45) is 0 Å². The molecule has 0 aromatic carbocycles. The number of hydrogen-bond donors (Lipinski definition) is 0. The summed E-state index contributed by atoms with van der Waals surface area (Å²) in [4.78, 5) is 17.5. The van der Waals surface area contributed by atoms with Gasteiger partial charge in [-0.1, -0.05) is 11.6 Å². The number of nitrogens with zero attached hydrogens (tertiary/aromatic N) is 5. The molecule has 2 aromatic rings. The summed E-state index contributed by atoms with van der Waals surface area (Å²) in [7, 11) is 0. The van der Waals surface area contributed by atoms with Crippen LogP contribution in [0.4, 0.5) is 11.8 Å². The molecule has 0 unspecified atom stereocenters. The van der Waals surface area contributed by atoms with Crippen LogP contribution >= 0.6 is 11.6 Å². The van der Waals surface area contributed by atoms with E-state index in [0.717, 1.165) is 44.4 Å². The van der Waals surface area contributed by atoms with Crippen molar-refractivity contribution < 1.29 is 0 Å². The number of hydrogen-bond acceptors (Lipinski definition) is 5. The number of halogens is 1. The summed E-state index contributed by atoms with van der Waals surface area (Å²) in [5.74, 6) is 1.78. The quantitative estimate of drug-likeness (QED) is 0.848. The SMILES string of the molecule is Clc1ccc(N2CCCN(c3ncccn3)CC2)nc1. The Morgan fingerprint density at radius 1 is 0.900 bits per heavy atom. The largest absolute Gasteiger partial charge is 0.355 e. The summed E-state index contributed by atoms with van der Waals surface area (Å²) in [5, 5.41) is 0.669. The van der Waals surface area contributed by atoms with Crippen LogP contribution in [0, 0.1) is 0 Å². The van der Waals surface area contributed by atoms with Crippen LogP contribution in [-0.4, -0.2) is 41.1 Å². The lowest BCUT2D eigenvalue weighted by Gasteiger charge is -2.22. The van der Waals surface area contributed by atoms with Gasteiger partial charge in [0.2, 0.25) is 5.95 Å². The van der Waals surface area contributed by atoms with Crippen molar-refractivity contribution >= 4 is 23.4 Å². The maximum Gasteiger partial charge on any atom is 0.225 e. The van der Waals surface area contributed by atoms with E-state index in [2.05, 4.69) is 24.8 Å². The second-order valence-electron chi connectivity index (χ2n) is 4.71. The molecule has 0 spiro atoms. The van der Waals surface area contributed by atoms with Crippen molar-refractivity contribution in [1.29, 1.82) is 0 Å². The molecule has 3 rings (SSSR count). The Hall–Kier alpha value is -1.88. The van der Waals surface area contributed by atoms with E-state index in [1.807, 2.05) is 18.2 Å². The first-order valence-corrected chi connectivity index (χ1v) is 7.09. The van der Waals surface area contributed by atoms with Crippen LogP contribution in [-0.2, 0) is 0 Å². The molecule has 1 saturated heterocycles. The van der Waals surface area contributed by atoms with Gasteiger partial charge in [-0.2, -0.15) is 0 Å². The van der Waals surface area contributed by atoms with Crippen LogP contribution in [0.15, 0.2) is 36.8 Å². The summed E-state index contributed by atoms with van der Waals surface area (Å²) in [5.41, 5.74) is 0. The van der Waals surface area contributed by atoms with Gasteiger partial charge < -0.3 is 9.80 Å². The molecule has 2 aromatic heterocycles. The monoisotopic (exact) mass is 289 g/mol. The number of pyridine rings is 1. The molecular weight excluding hydrogens is 274 g/mol. The third-order valence-electron chi connectivity index (χ3n) is 3.37. The zero-order valence-electron chi connectivity index (χ0n) is 11.1. The molecule has 20 heavy (non-hydrogen) atoms. The molecule has 1 aliphatic rings. The summed E-state index contributed by atoms with van der Waals surface area (Å²) < 4.78 is 0. The van der Waals surface area contributed by atoms with Gasteiger partial charge in [-0.05, 0) is 24.6 Å². The number of anilines is 2. The molecule has 0 N–H and O–H groups in total. The van der Waals surface area contributed by atoms with E-state index < -0.39 is 0 Å². The van der Waals surface area contributed by atoms with E-state index in [9.17, 15) is 0 Å². The van der Waals surface area contributed by atoms with Crippen molar-refractivity contribution in [2.45, 2.75) is 6.42 Å². The molecule has 0 atom stereocenters. The maximum absolute atomic E-state index is 5.88. The zero-order valence-corrected chi connectivity index (χ0v) is 11.9. The van der Waals surface area contributed by atoms with Gasteiger partial charge in [0, 0.05) is 44.8 Å². The van der Waals surface area contributed by atoms with E-state index in [4.69, 9.17) is 11.6 Å². The van der Waals surface area contributed by atoms with Gasteiger partial charge in [0.15, 0.2) is 0 Å². The zero-order chi connectivity index (χ0) is 13.8. The van der Waals surface area contributed by atoms with Crippen molar-refractivity contribution in [3.63, 3.8) is 0 Å². The lowest BCUT2D eigenvalue weighted by Crippen LogP contribution is -2.31. The van der Waals surface area contributed by atoms with Gasteiger partial charge >= 0.3 is 0 Å². The van der Waals surface area contributed by atoms with Crippen LogP contribution in [0.25, 0.3) is 0 Å². The molecule has 1 fully saturated rings. The first kappa shape index (κ1) is 13.1. The minimum absolute atomic E-state index is 0.669. The van der Waals surface area contributed by atoms with E-state index in [1.165, 1.54) is 0 Å². The van der Waals surface area contributed by atoms with E-state index in [-0.39, 0.29) is 0 Å². The molecular formula is C14H16ClN5. The van der Waals surface area contributed by atoms with Crippen molar-refractivity contribution in [1.82, 2.24) is 15.0 Å². The van der Waals surface area contributed by atoms with Crippen molar-refractivity contribution in [3.05, 3.63) is 41.8 Å². The summed E-state index contributed by atoms with van der Waals surface area (Å²) in [6.07, 6.45) is 6.32. The second-order valence-corrected chi connectivity index (χ2v) is 5.15. The van der Waals surface area contributed by atoms with Gasteiger partial charge in [-0.15, -0.1) is 0 Å². The topological polar surface area (TPSA) is 45.2 Å². The molecule has 3 heterocycles. The Balaban J connectivity index is 1.69. The Kier molecular flexibility index (Phi) is 3.97. The Morgan fingerprint density at radius 3 is 2.40 bits per heavy atom. The molecule has 6 heteroatoms. The lowest BCUT2D eigenvalue weighted by molar-refractivity contribution is 0.781. The predicted octanol–water partition coefficient (Wildman–Crippen LogP) is 2.24. The van der Waals surface area contributed by atoms with E-state index >= 15 is 0 Å². The maximum atomic E-state index is 5.88. The van der Waals surface area contributed by atoms with Crippen LogP contribution in [0.3, 0.4) is 0 Å². The van der Waals surface area contributed by atoms with Gasteiger partial charge in [-0.25, -0.2) is 15.0 Å². The Morgan fingerprint density at radius 2 is 1.65 bits per heavy atom. The van der Waals surface area contributed by atoms with Crippen LogP contribution in [0.5, 0.6) is 0 Å². The smallest absolute Gasteiger partial charge is 0.225 e. The Bertz CT molecular complexity index is 545. The average Bonchev–Trinajstić information content (AvgIpc) is 2.75. The Labute approximate surface area is 123 Å². The number of aromatic nitrogens is 3. The predicted molar refractivity (Wildman–Crippen MR) is 80.3 cm³/mol. The van der Waals surface area contributed by atoms with Gasteiger partial charge in [0.1, 0.15) is 5.82 Å².